The van der Waals surface area contributed by atoms with Gasteiger partial charge in [-0.05, 0) is 18.2 Å². The zero-order valence-corrected chi connectivity index (χ0v) is 8.78. The summed E-state index contributed by atoms with van der Waals surface area (Å²) in [5.41, 5.74) is 1.18. The molecule has 0 bridgehead atoms. The van der Waals surface area contributed by atoms with Crippen molar-refractivity contribution < 1.29 is 4.40 Å². The Kier molecular flexibility index (Phi) is 1.86. The second-order valence-corrected chi connectivity index (χ2v) is 3.92. The lowest BCUT2D eigenvalue weighted by molar-refractivity contribution is -0.510. The molecule has 0 amide bonds. The average Bonchev–Trinajstić information content (AvgIpc) is 2.29. The molecule has 1 nitrogen and oxygen atoms in total. The van der Waals surface area contributed by atoms with Gasteiger partial charge in [0.15, 0.2) is 12.4 Å². The Labute approximate surface area is 92.5 Å². The first-order valence-corrected chi connectivity index (χ1v) is 5.21. The van der Waals surface area contributed by atoms with E-state index in [1.165, 1.54) is 10.9 Å². The summed E-state index contributed by atoms with van der Waals surface area (Å²) in [6.45, 7) is 0. The van der Waals surface area contributed by atoms with Gasteiger partial charge in [0.05, 0.1) is 5.39 Å². The number of pyridine rings is 2. The van der Waals surface area contributed by atoms with Crippen molar-refractivity contribution in [2.24, 2.45) is 0 Å². The minimum atomic E-state index is 0.804. The van der Waals surface area contributed by atoms with Crippen LogP contribution in [0, 0.1) is 0 Å². The molecule has 0 radical (unpaired) electrons. The molecule has 3 rings (SSSR count). The van der Waals surface area contributed by atoms with Crippen molar-refractivity contribution in [1.29, 1.82) is 0 Å². The third kappa shape index (κ3) is 1.28. The first kappa shape index (κ1) is 8.69. The van der Waals surface area contributed by atoms with Gasteiger partial charge in [0.25, 0.3) is 0 Å². The normalized spacial score (nSPS) is 11.0. The number of benzene rings is 1. The molecule has 2 aromatic heterocycles. The molecule has 0 aliphatic heterocycles. The fourth-order valence-corrected chi connectivity index (χ4v) is 2.14. The van der Waals surface area contributed by atoms with Crippen LogP contribution < -0.4 is 4.40 Å². The van der Waals surface area contributed by atoms with Gasteiger partial charge in [0, 0.05) is 28.6 Å². The van der Waals surface area contributed by atoms with Crippen LogP contribution in [0.15, 0.2) is 54.9 Å². The van der Waals surface area contributed by atoms with E-state index < -0.39 is 0 Å². The van der Waals surface area contributed by atoms with Gasteiger partial charge in [-0.25, -0.2) is 0 Å². The van der Waals surface area contributed by atoms with Gasteiger partial charge in [-0.1, -0.05) is 17.7 Å². The Bertz CT molecular complexity index is 646. The molecule has 0 saturated carbocycles. The van der Waals surface area contributed by atoms with Gasteiger partial charge in [-0.3, -0.25) is 0 Å². The minimum absolute atomic E-state index is 0.804. The van der Waals surface area contributed by atoms with Crippen molar-refractivity contribution in [2.75, 3.05) is 0 Å². The van der Waals surface area contributed by atoms with E-state index in [2.05, 4.69) is 16.5 Å². The lowest BCUT2D eigenvalue weighted by Crippen LogP contribution is -2.19. The molecule has 0 atom stereocenters. The van der Waals surface area contributed by atoms with Crippen LogP contribution in [0.1, 0.15) is 0 Å². The number of hydrogen-bond acceptors (Lipinski definition) is 0. The Morgan fingerprint density at radius 3 is 2.67 bits per heavy atom. The monoisotopic (exact) mass is 214 g/mol. The second-order valence-electron chi connectivity index (χ2n) is 3.51. The molecule has 2 heterocycles. The number of rotatable bonds is 0. The number of aromatic nitrogens is 1. The van der Waals surface area contributed by atoms with E-state index in [0.717, 1.165) is 10.4 Å². The van der Waals surface area contributed by atoms with E-state index >= 15 is 0 Å². The zero-order valence-electron chi connectivity index (χ0n) is 8.02. The molecule has 0 aliphatic carbocycles. The molecule has 0 fully saturated rings. The van der Waals surface area contributed by atoms with Gasteiger partial charge < -0.3 is 0 Å². The fraction of sp³-hybridized carbons (Fsp3) is 0. The highest BCUT2D eigenvalue weighted by atomic mass is 35.5. The van der Waals surface area contributed by atoms with E-state index in [-0.39, 0.29) is 0 Å². The molecular weight excluding hydrogens is 206 g/mol. The summed E-state index contributed by atoms with van der Waals surface area (Å²) in [6.07, 6.45) is 4.07. The molecule has 0 aliphatic rings. The van der Waals surface area contributed by atoms with E-state index in [1.807, 2.05) is 42.7 Å². The summed E-state index contributed by atoms with van der Waals surface area (Å²) >= 11 is 6.15. The molecule has 3 aromatic rings. The van der Waals surface area contributed by atoms with Gasteiger partial charge in [-0.15, -0.1) is 0 Å². The average molecular weight is 215 g/mol. The predicted molar refractivity (Wildman–Crippen MR) is 62.1 cm³/mol. The quantitative estimate of drug-likeness (QED) is 0.400. The van der Waals surface area contributed by atoms with Crippen LogP contribution in [0.3, 0.4) is 0 Å². The second kappa shape index (κ2) is 3.21. The lowest BCUT2D eigenvalue weighted by atomic mass is 10.1. The van der Waals surface area contributed by atoms with Crippen LogP contribution in [0.4, 0.5) is 0 Å². The van der Waals surface area contributed by atoms with Crippen molar-refractivity contribution >= 4 is 27.9 Å². The van der Waals surface area contributed by atoms with Gasteiger partial charge in [0.1, 0.15) is 0 Å². The number of halogens is 1. The van der Waals surface area contributed by atoms with Crippen LogP contribution in [0.25, 0.3) is 16.3 Å². The Morgan fingerprint density at radius 1 is 0.800 bits per heavy atom. The van der Waals surface area contributed by atoms with Crippen LogP contribution in [-0.4, -0.2) is 0 Å². The number of nitrogens with zero attached hydrogens (tertiary/aromatic N) is 1. The maximum atomic E-state index is 6.15. The SMILES string of the molecule is Clc1cccc2c1cc[n+]1ccccc21. The standard InChI is InChI=1S/C13H9ClN/c14-12-5-3-4-11-10(12)7-9-15-8-2-1-6-13(11)15/h1-9H/q+1. The fourth-order valence-electron chi connectivity index (χ4n) is 1.90. The van der Waals surface area contributed by atoms with Crippen molar-refractivity contribution in [1.82, 2.24) is 0 Å². The van der Waals surface area contributed by atoms with Crippen molar-refractivity contribution in [3.8, 4) is 0 Å². The van der Waals surface area contributed by atoms with Crippen molar-refractivity contribution in [2.45, 2.75) is 0 Å². The Balaban J connectivity index is 2.60. The molecule has 0 N–H and O–H groups in total. The van der Waals surface area contributed by atoms with Crippen LogP contribution in [0.5, 0.6) is 0 Å². The van der Waals surface area contributed by atoms with E-state index in [9.17, 15) is 0 Å². The molecule has 0 saturated heterocycles. The van der Waals surface area contributed by atoms with Gasteiger partial charge in [-0.2, -0.15) is 4.40 Å². The summed E-state index contributed by atoms with van der Waals surface area (Å²) in [5.74, 6) is 0. The lowest BCUT2D eigenvalue weighted by Gasteiger charge is -1.99. The first-order chi connectivity index (χ1) is 7.36. The Hall–Kier alpha value is -1.60. The van der Waals surface area contributed by atoms with Crippen LogP contribution in [-0.2, 0) is 0 Å². The maximum absolute atomic E-state index is 6.15. The van der Waals surface area contributed by atoms with E-state index in [0.29, 0.717) is 0 Å². The minimum Gasteiger partial charge on any atom is -0.167 e. The third-order valence-corrected chi connectivity index (χ3v) is 2.95. The van der Waals surface area contributed by atoms with Gasteiger partial charge >= 0.3 is 0 Å². The molecule has 0 unspecified atom stereocenters. The van der Waals surface area contributed by atoms with Crippen LogP contribution in [0.2, 0.25) is 5.02 Å². The van der Waals surface area contributed by atoms with Crippen molar-refractivity contribution in [3.05, 3.63) is 59.9 Å². The summed E-state index contributed by atoms with van der Waals surface area (Å²) in [6, 6.07) is 14.2. The molecule has 0 spiro atoms. The maximum Gasteiger partial charge on any atom is 0.218 e. The number of fused-ring (bicyclic) bond motifs is 3. The zero-order chi connectivity index (χ0) is 10.3. The molecule has 72 valence electrons. The van der Waals surface area contributed by atoms with Crippen LogP contribution >= 0.6 is 11.6 Å². The van der Waals surface area contributed by atoms with Crippen molar-refractivity contribution in [3.63, 3.8) is 0 Å². The molecule has 2 heteroatoms. The predicted octanol–water partition coefficient (Wildman–Crippen LogP) is 3.23. The largest absolute Gasteiger partial charge is 0.218 e. The van der Waals surface area contributed by atoms with E-state index in [4.69, 9.17) is 11.6 Å². The molecular formula is C13H9ClN+. The topological polar surface area (TPSA) is 4.10 Å². The van der Waals surface area contributed by atoms with Gasteiger partial charge in [0.2, 0.25) is 5.52 Å². The first-order valence-electron chi connectivity index (χ1n) is 4.83. The summed E-state index contributed by atoms with van der Waals surface area (Å²) < 4.78 is 2.10. The highest BCUT2D eigenvalue weighted by molar-refractivity contribution is 6.35. The van der Waals surface area contributed by atoms with E-state index in [1.54, 1.807) is 0 Å². The summed E-state index contributed by atoms with van der Waals surface area (Å²) in [5, 5.41) is 3.09. The molecule has 15 heavy (non-hydrogen) atoms. The number of hydrogen-bond donors (Lipinski definition) is 0. The molecule has 1 aromatic carbocycles. The highest BCUT2D eigenvalue weighted by Gasteiger charge is 2.07. The summed E-state index contributed by atoms with van der Waals surface area (Å²) in [7, 11) is 0. The highest BCUT2D eigenvalue weighted by Crippen LogP contribution is 2.24. The summed E-state index contributed by atoms with van der Waals surface area (Å²) in [4.78, 5) is 0. The smallest absolute Gasteiger partial charge is 0.167 e. The Morgan fingerprint density at radius 2 is 1.73 bits per heavy atom. The third-order valence-electron chi connectivity index (χ3n) is 2.62.